The molecule has 0 aliphatic heterocycles. The molecule has 1 aromatic carbocycles. The SMILES string of the molecule is O=C(Cc1cc(F)ccc1Br)C1CCCCC1. The molecule has 1 fully saturated rings. The van der Waals surface area contributed by atoms with Gasteiger partial charge in [0.15, 0.2) is 0 Å². The number of carbonyl (C=O) groups excluding carboxylic acids is 1. The predicted molar refractivity (Wildman–Crippen MR) is 69.4 cm³/mol. The summed E-state index contributed by atoms with van der Waals surface area (Å²) in [4.78, 5) is 12.1. The standard InChI is InChI=1S/C14H16BrFO/c15-13-7-6-12(16)8-11(13)9-14(17)10-4-2-1-3-5-10/h6-8,10H,1-5,9H2. The minimum absolute atomic E-state index is 0.193. The average Bonchev–Trinajstić information content (AvgIpc) is 2.35. The zero-order chi connectivity index (χ0) is 12.3. The number of Topliss-reactive ketones (excluding diaryl/α,β-unsaturated/α-hetero) is 1. The van der Waals surface area contributed by atoms with Crippen LogP contribution in [0.15, 0.2) is 22.7 Å². The lowest BCUT2D eigenvalue weighted by Gasteiger charge is -2.20. The van der Waals surface area contributed by atoms with Crippen molar-refractivity contribution in [2.24, 2.45) is 5.92 Å². The first kappa shape index (κ1) is 12.7. The third-order valence-corrected chi connectivity index (χ3v) is 4.21. The molecular formula is C14H16BrFO. The number of hydrogen-bond acceptors (Lipinski definition) is 1. The number of carbonyl (C=O) groups is 1. The lowest BCUT2D eigenvalue weighted by atomic mass is 9.84. The van der Waals surface area contributed by atoms with E-state index in [0.717, 1.165) is 35.7 Å². The summed E-state index contributed by atoms with van der Waals surface area (Å²) >= 11 is 3.36. The Hall–Kier alpha value is -0.700. The van der Waals surface area contributed by atoms with Gasteiger partial charge in [0, 0.05) is 16.8 Å². The van der Waals surface area contributed by atoms with Crippen molar-refractivity contribution in [3.05, 3.63) is 34.1 Å². The molecule has 0 heterocycles. The molecule has 1 aliphatic carbocycles. The molecule has 1 nitrogen and oxygen atoms in total. The Morgan fingerprint density at radius 1 is 1.29 bits per heavy atom. The summed E-state index contributed by atoms with van der Waals surface area (Å²) in [6.45, 7) is 0. The van der Waals surface area contributed by atoms with Crippen LogP contribution in [0.5, 0.6) is 0 Å². The molecule has 0 N–H and O–H groups in total. The molecular weight excluding hydrogens is 283 g/mol. The highest BCUT2D eigenvalue weighted by Gasteiger charge is 2.21. The maximum atomic E-state index is 13.1. The third-order valence-electron chi connectivity index (χ3n) is 3.43. The lowest BCUT2D eigenvalue weighted by Crippen LogP contribution is -2.19. The number of rotatable bonds is 3. The van der Waals surface area contributed by atoms with Gasteiger partial charge < -0.3 is 0 Å². The quantitative estimate of drug-likeness (QED) is 0.814. The average molecular weight is 299 g/mol. The van der Waals surface area contributed by atoms with E-state index in [0.29, 0.717) is 6.42 Å². The van der Waals surface area contributed by atoms with E-state index in [4.69, 9.17) is 0 Å². The molecule has 0 amide bonds. The summed E-state index contributed by atoms with van der Waals surface area (Å²) in [5.41, 5.74) is 0.764. The van der Waals surface area contributed by atoms with Crippen LogP contribution in [0, 0.1) is 11.7 Å². The molecule has 92 valence electrons. The molecule has 1 aliphatic rings. The summed E-state index contributed by atoms with van der Waals surface area (Å²) < 4.78 is 13.9. The Labute approximate surface area is 110 Å². The van der Waals surface area contributed by atoms with Crippen molar-refractivity contribution in [2.45, 2.75) is 38.5 Å². The zero-order valence-corrected chi connectivity index (χ0v) is 11.3. The van der Waals surface area contributed by atoms with E-state index in [2.05, 4.69) is 15.9 Å². The minimum atomic E-state index is -0.278. The largest absolute Gasteiger partial charge is 0.299 e. The van der Waals surface area contributed by atoms with Crippen LogP contribution in [0.25, 0.3) is 0 Å². The zero-order valence-electron chi connectivity index (χ0n) is 9.72. The van der Waals surface area contributed by atoms with E-state index in [1.807, 2.05) is 0 Å². The highest BCUT2D eigenvalue weighted by atomic mass is 79.9. The normalized spacial score (nSPS) is 17.1. The molecule has 0 aromatic heterocycles. The first-order valence-corrected chi connectivity index (χ1v) is 6.93. The van der Waals surface area contributed by atoms with Crippen LogP contribution in [-0.4, -0.2) is 5.78 Å². The Kier molecular flexibility index (Phi) is 4.32. The second-order valence-electron chi connectivity index (χ2n) is 4.71. The molecule has 17 heavy (non-hydrogen) atoms. The van der Waals surface area contributed by atoms with Gasteiger partial charge in [-0.2, -0.15) is 0 Å². The van der Waals surface area contributed by atoms with Gasteiger partial charge in [-0.15, -0.1) is 0 Å². The van der Waals surface area contributed by atoms with Gasteiger partial charge in [0.05, 0.1) is 0 Å². The van der Waals surface area contributed by atoms with Gasteiger partial charge in [0.1, 0.15) is 11.6 Å². The van der Waals surface area contributed by atoms with Crippen LogP contribution >= 0.6 is 15.9 Å². The Morgan fingerprint density at radius 2 is 2.00 bits per heavy atom. The summed E-state index contributed by atoms with van der Waals surface area (Å²) in [6.07, 6.45) is 5.91. The predicted octanol–water partition coefficient (Wildman–Crippen LogP) is 4.28. The first-order valence-electron chi connectivity index (χ1n) is 6.13. The summed E-state index contributed by atoms with van der Waals surface area (Å²) in [6, 6.07) is 4.52. The topological polar surface area (TPSA) is 17.1 Å². The maximum absolute atomic E-state index is 13.1. The Morgan fingerprint density at radius 3 is 2.71 bits per heavy atom. The molecule has 0 spiro atoms. The van der Waals surface area contributed by atoms with Gasteiger partial charge in [-0.25, -0.2) is 4.39 Å². The van der Waals surface area contributed by atoms with Crippen LogP contribution < -0.4 is 0 Å². The van der Waals surface area contributed by atoms with Crippen LogP contribution in [0.2, 0.25) is 0 Å². The van der Waals surface area contributed by atoms with Gasteiger partial charge in [0.25, 0.3) is 0 Å². The van der Waals surface area contributed by atoms with Crippen molar-refractivity contribution in [3.63, 3.8) is 0 Å². The van der Waals surface area contributed by atoms with Crippen molar-refractivity contribution in [1.29, 1.82) is 0 Å². The van der Waals surface area contributed by atoms with Crippen molar-refractivity contribution in [1.82, 2.24) is 0 Å². The van der Waals surface area contributed by atoms with E-state index in [9.17, 15) is 9.18 Å². The summed E-state index contributed by atoms with van der Waals surface area (Å²) in [5.74, 6) is 0.176. The second kappa shape index (κ2) is 5.76. The third kappa shape index (κ3) is 3.38. The molecule has 1 aromatic rings. The Balaban J connectivity index is 2.04. The first-order chi connectivity index (χ1) is 8.16. The van der Waals surface area contributed by atoms with Gasteiger partial charge >= 0.3 is 0 Å². The van der Waals surface area contributed by atoms with Crippen molar-refractivity contribution in [3.8, 4) is 0 Å². The number of ketones is 1. The van der Waals surface area contributed by atoms with E-state index < -0.39 is 0 Å². The molecule has 3 heteroatoms. The van der Waals surface area contributed by atoms with E-state index >= 15 is 0 Å². The number of halogens is 2. The fourth-order valence-corrected chi connectivity index (χ4v) is 2.82. The lowest BCUT2D eigenvalue weighted by molar-refractivity contribution is -0.123. The molecule has 1 saturated carbocycles. The molecule has 2 rings (SSSR count). The van der Waals surface area contributed by atoms with Gasteiger partial charge in [-0.1, -0.05) is 35.2 Å². The fourth-order valence-electron chi connectivity index (χ4n) is 2.44. The molecule has 0 bridgehead atoms. The van der Waals surface area contributed by atoms with Crippen LogP contribution in [-0.2, 0) is 11.2 Å². The van der Waals surface area contributed by atoms with Crippen LogP contribution in [0.1, 0.15) is 37.7 Å². The molecule has 0 atom stereocenters. The fraction of sp³-hybridized carbons (Fsp3) is 0.500. The van der Waals surface area contributed by atoms with E-state index in [-0.39, 0.29) is 17.5 Å². The number of benzene rings is 1. The molecule has 0 saturated heterocycles. The highest BCUT2D eigenvalue weighted by molar-refractivity contribution is 9.10. The van der Waals surface area contributed by atoms with E-state index in [1.165, 1.54) is 18.6 Å². The molecule has 0 unspecified atom stereocenters. The second-order valence-corrected chi connectivity index (χ2v) is 5.57. The molecule has 0 radical (unpaired) electrons. The Bertz CT molecular complexity index is 411. The van der Waals surface area contributed by atoms with Crippen molar-refractivity contribution >= 4 is 21.7 Å². The smallest absolute Gasteiger partial charge is 0.140 e. The van der Waals surface area contributed by atoms with Crippen LogP contribution in [0.3, 0.4) is 0 Å². The summed E-state index contributed by atoms with van der Waals surface area (Å²) in [5, 5.41) is 0. The van der Waals surface area contributed by atoms with Crippen LogP contribution in [0.4, 0.5) is 4.39 Å². The minimum Gasteiger partial charge on any atom is -0.299 e. The number of hydrogen-bond donors (Lipinski definition) is 0. The van der Waals surface area contributed by atoms with Crippen molar-refractivity contribution in [2.75, 3.05) is 0 Å². The summed E-state index contributed by atoms with van der Waals surface area (Å²) in [7, 11) is 0. The van der Waals surface area contributed by atoms with Gasteiger partial charge in [-0.3, -0.25) is 4.79 Å². The van der Waals surface area contributed by atoms with Crippen molar-refractivity contribution < 1.29 is 9.18 Å². The van der Waals surface area contributed by atoms with Gasteiger partial charge in [-0.05, 0) is 36.6 Å². The van der Waals surface area contributed by atoms with E-state index in [1.54, 1.807) is 6.07 Å². The highest BCUT2D eigenvalue weighted by Crippen LogP contribution is 2.27. The van der Waals surface area contributed by atoms with Gasteiger partial charge in [0.2, 0.25) is 0 Å². The monoisotopic (exact) mass is 298 g/mol. The maximum Gasteiger partial charge on any atom is 0.140 e.